The van der Waals surface area contributed by atoms with Gasteiger partial charge in [0.2, 0.25) is 0 Å². The highest BCUT2D eigenvalue weighted by Gasteiger charge is 2.23. The Hall–Kier alpha value is -2.32. The van der Waals surface area contributed by atoms with Crippen LogP contribution in [0.3, 0.4) is 0 Å². The third kappa shape index (κ3) is 2.36. The lowest BCUT2D eigenvalue weighted by Crippen LogP contribution is -2.16. The van der Waals surface area contributed by atoms with Gasteiger partial charge in [-0.15, -0.1) is 0 Å². The van der Waals surface area contributed by atoms with Crippen LogP contribution in [-0.4, -0.2) is 11.2 Å². The van der Waals surface area contributed by atoms with E-state index in [1.807, 2.05) is 6.07 Å². The van der Waals surface area contributed by atoms with E-state index in [0.717, 1.165) is 6.42 Å². The van der Waals surface area contributed by atoms with Gasteiger partial charge < -0.3 is 10.4 Å². The molecule has 3 aromatic rings. The number of nitrogens with one attached hydrogen (secondary N) is 1. The molecule has 2 heteroatoms. The highest BCUT2D eigenvalue weighted by atomic mass is 16.3. The Morgan fingerprint density at radius 2 is 1.64 bits per heavy atom. The van der Waals surface area contributed by atoms with Crippen molar-refractivity contribution in [3.8, 4) is 0 Å². The summed E-state index contributed by atoms with van der Waals surface area (Å²) in [6.07, 6.45) is 1.11. The normalized spacial score (nSPS) is 21.0. The number of benzene rings is 3. The standard InChI is InChI=1S/C20H19NO/c22-17-12-16-11-10-14-6-4-5-9-18(14)20(16)21-19(13-17)15-7-2-1-3-8-15/h1-11,17,19,21-22H,12-13H2/t17-,19+/m1/s1. The fourth-order valence-electron chi connectivity index (χ4n) is 3.40. The minimum absolute atomic E-state index is 0.142. The quantitative estimate of drug-likeness (QED) is 0.700. The monoisotopic (exact) mass is 289 g/mol. The van der Waals surface area contributed by atoms with E-state index in [-0.39, 0.29) is 12.1 Å². The summed E-state index contributed by atoms with van der Waals surface area (Å²) in [5.41, 5.74) is 3.59. The van der Waals surface area contributed by atoms with Gasteiger partial charge in [-0.2, -0.15) is 0 Å². The SMILES string of the molecule is O[C@@H]1Cc2ccc3ccccc3c2N[C@H](c2ccccc2)C1. The molecule has 0 spiro atoms. The maximum atomic E-state index is 10.4. The van der Waals surface area contributed by atoms with Crippen LogP contribution in [0.4, 0.5) is 5.69 Å². The van der Waals surface area contributed by atoms with Crippen LogP contribution in [0.1, 0.15) is 23.6 Å². The van der Waals surface area contributed by atoms with Crippen LogP contribution in [0.25, 0.3) is 10.8 Å². The molecule has 1 aliphatic heterocycles. The number of hydrogen-bond donors (Lipinski definition) is 2. The fraction of sp³-hybridized carbons (Fsp3) is 0.200. The van der Waals surface area contributed by atoms with Gasteiger partial charge in [0.1, 0.15) is 0 Å². The van der Waals surface area contributed by atoms with Gasteiger partial charge in [-0.25, -0.2) is 0 Å². The Bertz CT molecular complexity index is 797. The van der Waals surface area contributed by atoms with Gasteiger partial charge in [0.25, 0.3) is 0 Å². The van der Waals surface area contributed by atoms with Crippen LogP contribution in [0.2, 0.25) is 0 Å². The summed E-state index contributed by atoms with van der Waals surface area (Å²) in [4.78, 5) is 0. The average molecular weight is 289 g/mol. The summed E-state index contributed by atoms with van der Waals surface area (Å²) in [6, 6.07) is 23.2. The molecule has 0 aromatic heterocycles. The molecule has 0 bridgehead atoms. The highest BCUT2D eigenvalue weighted by Crippen LogP contribution is 2.36. The van der Waals surface area contributed by atoms with E-state index in [9.17, 15) is 5.11 Å². The molecule has 2 nitrogen and oxygen atoms in total. The molecule has 0 saturated heterocycles. The summed E-state index contributed by atoms with van der Waals surface area (Å²) in [6.45, 7) is 0. The molecule has 0 aliphatic carbocycles. The lowest BCUT2D eigenvalue weighted by molar-refractivity contribution is 0.161. The zero-order chi connectivity index (χ0) is 14.9. The summed E-state index contributed by atoms with van der Waals surface area (Å²) in [5.74, 6) is 0. The molecule has 1 aliphatic rings. The summed E-state index contributed by atoms with van der Waals surface area (Å²) in [7, 11) is 0. The second-order valence-electron chi connectivity index (χ2n) is 6.02. The smallest absolute Gasteiger partial charge is 0.0604 e. The second-order valence-corrected chi connectivity index (χ2v) is 6.02. The van der Waals surface area contributed by atoms with Crippen molar-refractivity contribution in [1.82, 2.24) is 0 Å². The van der Waals surface area contributed by atoms with Gasteiger partial charge in [0.05, 0.1) is 12.1 Å². The molecule has 4 rings (SSSR count). The largest absolute Gasteiger partial charge is 0.393 e. The van der Waals surface area contributed by atoms with E-state index >= 15 is 0 Å². The van der Waals surface area contributed by atoms with Crippen LogP contribution < -0.4 is 5.32 Å². The third-order valence-corrected chi connectivity index (χ3v) is 4.50. The summed E-state index contributed by atoms with van der Waals surface area (Å²) < 4.78 is 0. The van der Waals surface area contributed by atoms with Crippen LogP contribution in [0.5, 0.6) is 0 Å². The van der Waals surface area contributed by atoms with Crippen molar-refractivity contribution in [2.45, 2.75) is 25.0 Å². The van der Waals surface area contributed by atoms with Crippen molar-refractivity contribution in [2.75, 3.05) is 5.32 Å². The maximum Gasteiger partial charge on any atom is 0.0604 e. The van der Waals surface area contributed by atoms with Crippen LogP contribution in [-0.2, 0) is 6.42 Å². The first-order valence-corrected chi connectivity index (χ1v) is 7.81. The minimum atomic E-state index is -0.319. The van der Waals surface area contributed by atoms with Crippen LogP contribution in [0, 0.1) is 0 Å². The van der Waals surface area contributed by atoms with E-state index < -0.39 is 0 Å². The van der Waals surface area contributed by atoms with Gasteiger partial charge in [-0.1, -0.05) is 66.7 Å². The number of aliphatic hydroxyl groups excluding tert-OH is 1. The second kappa shape index (κ2) is 5.47. The molecular formula is C20H19NO. The molecule has 0 radical (unpaired) electrons. The van der Waals surface area contributed by atoms with E-state index in [4.69, 9.17) is 0 Å². The summed E-state index contributed by atoms with van der Waals surface area (Å²) >= 11 is 0. The Labute approximate surface area is 130 Å². The van der Waals surface area contributed by atoms with E-state index in [2.05, 4.69) is 66.0 Å². The molecular weight excluding hydrogens is 270 g/mol. The molecule has 0 amide bonds. The summed E-state index contributed by atoms with van der Waals surface area (Å²) in [5, 5.41) is 16.6. The first kappa shape index (κ1) is 13.4. The van der Waals surface area contributed by atoms with Crippen molar-refractivity contribution < 1.29 is 5.11 Å². The first-order chi connectivity index (χ1) is 10.8. The molecule has 0 fully saturated rings. The molecule has 22 heavy (non-hydrogen) atoms. The predicted octanol–water partition coefficient (Wildman–Crippen LogP) is 4.30. The van der Waals surface area contributed by atoms with Crippen molar-refractivity contribution in [3.63, 3.8) is 0 Å². The third-order valence-electron chi connectivity index (χ3n) is 4.50. The lowest BCUT2D eigenvalue weighted by atomic mass is 9.99. The molecule has 1 heterocycles. The predicted molar refractivity (Wildman–Crippen MR) is 91.1 cm³/mol. The Kier molecular flexibility index (Phi) is 3.32. The van der Waals surface area contributed by atoms with Gasteiger partial charge in [0.15, 0.2) is 0 Å². The number of rotatable bonds is 1. The van der Waals surface area contributed by atoms with Crippen molar-refractivity contribution in [3.05, 3.63) is 77.9 Å². The topological polar surface area (TPSA) is 32.3 Å². The van der Waals surface area contributed by atoms with E-state index in [1.54, 1.807) is 0 Å². The van der Waals surface area contributed by atoms with Crippen LogP contribution in [0.15, 0.2) is 66.7 Å². The molecule has 110 valence electrons. The molecule has 2 atom stereocenters. The van der Waals surface area contributed by atoms with Gasteiger partial charge in [0, 0.05) is 17.5 Å². The number of anilines is 1. The molecule has 3 aromatic carbocycles. The van der Waals surface area contributed by atoms with Crippen molar-refractivity contribution in [2.24, 2.45) is 0 Å². The molecule has 0 saturated carbocycles. The zero-order valence-corrected chi connectivity index (χ0v) is 12.4. The van der Waals surface area contributed by atoms with Gasteiger partial charge >= 0.3 is 0 Å². The van der Waals surface area contributed by atoms with E-state index in [1.165, 1.54) is 27.6 Å². The zero-order valence-electron chi connectivity index (χ0n) is 12.4. The lowest BCUT2D eigenvalue weighted by Gasteiger charge is -2.20. The fourth-order valence-corrected chi connectivity index (χ4v) is 3.40. The highest BCUT2D eigenvalue weighted by molar-refractivity contribution is 5.95. The van der Waals surface area contributed by atoms with Crippen molar-refractivity contribution in [1.29, 1.82) is 0 Å². The first-order valence-electron chi connectivity index (χ1n) is 7.81. The average Bonchev–Trinajstić information content (AvgIpc) is 2.74. The Morgan fingerprint density at radius 3 is 2.50 bits per heavy atom. The Balaban J connectivity index is 1.84. The minimum Gasteiger partial charge on any atom is -0.393 e. The van der Waals surface area contributed by atoms with E-state index in [0.29, 0.717) is 6.42 Å². The number of aliphatic hydroxyl groups is 1. The van der Waals surface area contributed by atoms with Gasteiger partial charge in [-0.05, 0) is 22.9 Å². The number of hydrogen-bond acceptors (Lipinski definition) is 2. The maximum absolute atomic E-state index is 10.4. The van der Waals surface area contributed by atoms with Crippen molar-refractivity contribution >= 4 is 16.5 Å². The van der Waals surface area contributed by atoms with Gasteiger partial charge in [-0.3, -0.25) is 0 Å². The Morgan fingerprint density at radius 1 is 0.864 bits per heavy atom. The number of fused-ring (bicyclic) bond motifs is 3. The van der Waals surface area contributed by atoms with Crippen LogP contribution >= 0.6 is 0 Å². The molecule has 0 unspecified atom stereocenters. The molecule has 2 N–H and O–H groups in total.